The topological polar surface area (TPSA) is 20.3 Å². The lowest BCUT2D eigenvalue weighted by atomic mass is 10.2. The molecule has 0 N–H and O–H groups in total. The summed E-state index contributed by atoms with van der Waals surface area (Å²) < 4.78 is 0.582. The molecule has 0 aromatic heterocycles. The van der Waals surface area contributed by atoms with Crippen molar-refractivity contribution in [2.45, 2.75) is 13.8 Å². The lowest BCUT2D eigenvalue weighted by Crippen LogP contribution is -2.31. The summed E-state index contributed by atoms with van der Waals surface area (Å²) in [6.07, 6.45) is 1.71. The van der Waals surface area contributed by atoms with E-state index in [0.717, 1.165) is 0 Å². The lowest BCUT2D eigenvalue weighted by Gasteiger charge is -2.16. The van der Waals surface area contributed by atoms with Gasteiger partial charge in [-0.25, -0.2) is 0 Å². The largest absolute Gasteiger partial charge is 0.293 e. The Morgan fingerprint density at radius 1 is 1.35 bits per heavy atom. The standard InChI is InChI=1S/C14H13Cl2NOS2/c1-8(2)7-17-13(18)12(20-14(17)19)6-9-10(15)4-3-5-11(9)16/h3-6,8H,7H2,1-2H3/b12-6-. The van der Waals surface area contributed by atoms with Gasteiger partial charge in [0.05, 0.1) is 4.91 Å². The average Bonchev–Trinajstić information content (AvgIpc) is 2.61. The van der Waals surface area contributed by atoms with Crippen LogP contribution < -0.4 is 0 Å². The van der Waals surface area contributed by atoms with Crippen LogP contribution in [0, 0.1) is 5.92 Å². The van der Waals surface area contributed by atoms with E-state index in [2.05, 4.69) is 0 Å². The maximum absolute atomic E-state index is 12.3. The molecule has 1 aromatic carbocycles. The molecule has 1 aliphatic heterocycles. The van der Waals surface area contributed by atoms with E-state index >= 15 is 0 Å². The third-order valence-corrected chi connectivity index (χ3v) is 4.73. The number of benzene rings is 1. The molecule has 0 spiro atoms. The minimum absolute atomic E-state index is 0.0790. The number of hydrogen-bond donors (Lipinski definition) is 0. The number of amides is 1. The van der Waals surface area contributed by atoms with Crippen LogP contribution in [0.15, 0.2) is 23.1 Å². The highest BCUT2D eigenvalue weighted by atomic mass is 35.5. The summed E-state index contributed by atoms with van der Waals surface area (Å²) >= 11 is 18.8. The van der Waals surface area contributed by atoms with Gasteiger partial charge in [-0.1, -0.05) is 67.1 Å². The zero-order chi connectivity index (χ0) is 14.9. The molecule has 106 valence electrons. The van der Waals surface area contributed by atoms with Gasteiger partial charge in [0, 0.05) is 22.2 Å². The van der Waals surface area contributed by atoms with Crippen molar-refractivity contribution in [3.63, 3.8) is 0 Å². The number of carbonyl (C=O) groups is 1. The van der Waals surface area contributed by atoms with Crippen molar-refractivity contribution in [3.8, 4) is 0 Å². The fourth-order valence-electron chi connectivity index (χ4n) is 1.80. The fourth-order valence-corrected chi connectivity index (χ4v) is 3.57. The van der Waals surface area contributed by atoms with Crippen molar-refractivity contribution < 1.29 is 4.79 Å². The highest BCUT2D eigenvalue weighted by molar-refractivity contribution is 8.26. The van der Waals surface area contributed by atoms with Crippen molar-refractivity contribution in [1.29, 1.82) is 0 Å². The Morgan fingerprint density at radius 3 is 2.50 bits per heavy atom. The molecular weight excluding hydrogens is 333 g/mol. The van der Waals surface area contributed by atoms with Crippen molar-refractivity contribution in [3.05, 3.63) is 38.7 Å². The van der Waals surface area contributed by atoms with Crippen LogP contribution in [0.1, 0.15) is 19.4 Å². The Balaban J connectivity index is 2.33. The first-order valence-corrected chi connectivity index (χ1v) is 8.07. The molecule has 0 unspecified atom stereocenters. The number of carbonyl (C=O) groups excluding carboxylic acids is 1. The molecule has 0 bridgehead atoms. The zero-order valence-corrected chi connectivity index (χ0v) is 14.2. The zero-order valence-electron chi connectivity index (χ0n) is 11.0. The van der Waals surface area contributed by atoms with Gasteiger partial charge in [0.2, 0.25) is 0 Å². The summed E-state index contributed by atoms with van der Waals surface area (Å²) in [5.41, 5.74) is 0.654. The van der Waals surface area contributed by atoms with Gasteiger partial charge in [0.15, 0.2) is 0 Å². The number of halogens is 2. The van der Waals surface area contributed by atoms with Crippen LogP contribution in [0.3, 0.4) is 0 Å². The molecule has 1 aromatic rings. The summed E-state index contributed by atoms with van der Waals surface area (Å²) in [5.74, 6) is 0.283. The molecule has 2 rings (SSSR count). The van der Waals surface area contributed by atoms with Crippen molar-refractivity contribution in [1.82, 2.24) is 4.90 Å². The van der Waals surface area contributed by atoms with Crippen LogP contribution in [0.5, 0.6) is 0 Å². The molecule has 1 amide bonds. The molecule has 1 aliphatic rings. The van der Waals surface area contributed by atoms with Crippen LogP contribution >= 0.6 is 47.2 Å². The smallest absolute Gasteiger partial charge is 0.266 e. The molecule has 6 heteroatoms. The van der Waals surface area contributed by atoms with E-state index < -0.39 is 0 Å². The molecule has 2 nitrogen and oxygen atoms in total. The Labute approximate surface area is 138 Å². The molecule has 0 radical (unpaired) electrons. The van der Waals surface area contributed by atoms with Crippen molar-refractivity contribution in [2.75, 3.05) is 6.54 Å². The number of nitrogens with zero attached hydrogens (tertiary/aromatic N) is 1. The Bertz CT molecular complexity index is 579. The van der Waals surface area contributed by atoms with Crippen LogP contribution in [-0.4, -0.2) is 21.7 Å². The lowest BCUT2D eigenvalue weighted by molar-refractivity contribution is -0.122. The highest BCUT2D eigenvalue weighted by Gasteiger charge is 2.32. The maximum Gasteiger partial charge on any atom is 0.266 e. The van der Waals surface area contributed by atoms with Gasteiger partial charge in [-0.05, 0) is 24.1 Å². The number of rotatable bonds is 3. The van der Waals surface area contributed by atoms with E-state index in [1.54, 1.807) is 29.2 Å². The molecule has 1 heterocycles. The van der Waals surface area contributed by atoms with Crippen LogP contribution in [0.25, 0.3) is 6.08 Å². The summed E-state index contributed by atoms with van der Waals surface area (Å²) in [7, 11) is 0. The molecule has 1 fully saturated rings. The van der Waals surface area contributed by atoms with E-state index in [-0.39, 0.29) is 5.91 Å². The van der Waals surface area contributed by atoms with E-state index in [0.29, 0.717) is 37.3 Å². The summed E-state index contributed by atoms with van der Waals surface area (Å²) in [5, 5.41) is 1.04. The van der Waals surface area contributed by atoms with Gasteiger partial charge < -0.3 is 0 Å². The van der Waals surface area contributed by atoms with Gasteiger partial charge >= 0.3 is 0 Å². The molecule has 0 saturated carbocycles. The van der Waals surface area contributed by atoms with E-state index in [1.807, 2.05) is 13.8 Å². The minimum Gasteiger partial charge on any atom is -0.293 e. The first-order chi connectivity index (χ1) is 9.40. The quantitative estimate of drug-likeness (QED) is 0.576. The number of thiocarbonyl (C=S) groups is 1. The monoisotopic (exact) mass is 345 g/mol. The first kappa shape index (κ1) is 15.8. The second kappa shape index (κ2) is 6.48. The van der Waals surface area contributed by atoms with Gasteiger partial charge in [-0.15, -0.1) is 0 Å². The Kier molecular flexibility index (Phi) is 5.13. The van der Waals surface area contributed by atoms with Gasteiger partial charge in [0.25, 0.3) is 5.91 Å². The third-order valence-electron chi connectivity index (χ3n) is 2.70. The van der Waals surface area contributed by atoms with Crippen LogP contribution in [0.4, 0.5) is 0 Å². The summed E-state index contributed by atoms with van der Waals surface area (Å²) in [4.78, 5) is 14.5. The van der Waals surface area contributed by atoms with Crippen LogP contribution in [-0.2, 0) is 4.79 Å². The average molecular weight is 346 g/mol. The van der Waals surface area contributed by atoms with E-state index in [9.17, 15) is 4.79 Å². The minimum atomic E-state index is -0.0790. The SMILES string of the molecule is CC(C)CN1C(=O)/C(=C/c2c(Cl)cccc2Cl)SC1=S. The second-order valence-electron chi connectivity index (χ2n) is 4.82. The second-order valence-corrected chi connectivity index (χ2v) is 7.31. The predicted octanol–water partition coefficient (Wildman–Crippen LogP) is 4.85. The molecule has 0 aliphatic carbocycles. The van der Waals surface area contributed by atoms with E-state index in [4.69, 9.17) is 35.4 Å². The van der Waals surface area contributed by atoms with Gasteiger partial charge in [-0.2, -0.15) is 0 Å². The van der Waals surface area contributed by atoms with Crippen molar-refractivity contribution in [2.24, 2.45) is 5.92 Å². The summed E-state index contributed by atoms with van der Waals surface area (Å²) in [6.45, 7) is 4.72. The Morgan fingerprint density at radius 2 is 1.95 bits per heavy atom. The first-order valence-electron chi connectivity index (χ1n) is 6.09. The van der Waals surface area contributed by atoms with Crippen LogP contribution in [0.2, 0.25) is 10.0 Å². The molecular formula is C14H13Cl2NOS2. The third kappa shape index (κ3) is 3.37. The molecule has 1 saturated heterocycles. The van der Waals surface area contributed by atoms with Gasteiger partial charge in [-0.3, -0.25) is 9.69 Å². The maximum atomic E-state index is 12.3. The van der Waals surface area contributed by atoms with E-state index in [1.165, 1.54) is 11.8 Å². The number of thioether (sulfide) groups is 1. The molecule has 20 heavy (non-hydrogen) atoms. The summed E-state index contributed by atoms with van der Waals surface area (Å²) in [6, 6.07) is 5.26. The normalized spacial score (nSPS) is 17.6. The van der Waals surface area contributed by atoms with Gasteiger partial charge in [0.1, 0.15) is 4.32 Å². The van der Waals surface area contributed by atoms with Crippen molar-refractivity contribution >= 4 is 63.5 Å². The highest BCUT2D eigenvalue weighted by Crippen LogP contribution is 2.35. The Hall–Kier alpha value is -0.550. The molecule has 0 atom stereocenters. The fraction of sp³-hybridized carbons (Fsp3) is 0.286. The number of hydrogen-bond acceptors (Lipinski definition) is 3. The predicted molar refractivity (Wildman–Crippen MR) is 91.2 cm³/mol.